The third kappa shape index (κ3) is 11.8. The maximum absolute atomic E-state index is 11.9. The van der Waals surface area contributed by atoms with Crippen LogP contribution in [0.3, 0.4) is 0 Å². The van der Waals surface area contributed by atoms with Gasteiger partial charge in [0.25, 0.3) is 0 Å². The fourth-order valence-electron chi connectivity index (χ4n) is 9.82. The predicted octanol–water partition coefficient (Wildman–Crippen LogP) is 16.2. The summed E-state index contributed by atoms with van der Waals surface area (Å²) in [5, 5.41) is 35.6. The lowest BCUT2D eigenvalue weighted by atomic mass is 9.73. The van der Waals surface area contributed by atoms with E-state index in [1.807, 2.05) is 0 Å². The van der Waals surface area contributed by atoms with Crippen LogP contribution in [0.1, 0.15) is 248 Å². The van der Waals surface area contributed by atoms with Crippen LogP contribution in [0.5, 0.6) is 17.2 Å². The molecule has 0 aromatic heterocycles. The van der Waals surface area contributed by atoms with Crippen molar-refractivity contribution in [3.63, 3.8) is 0 Å². The summed E-state index contributed by atoms with van der Waals surface area (Å²) in [4.78, 5) is 0. The first-order valence-electron chi connectivity index (χ1n) is 24.4. The molecule has 0 saturated carbocycles. The van der Waals surface area contributed by atoms with Gasteiger partial charge in [0.1, 0.15) is 17.2 Å². The molecule has 0 heterocycles. The number of hydrogen-bond acceptors (Lipinski definition) is 3. The van der Waals surface area contributed by atoms with E-state index < -0.39 is 0 Å². The first-order chi connectivity index (χ1) is 28.7. The second-order valence-corrected chi connectivity index (χ2v) is 25.3. The molecule has 0 amide bonds. The molecule has 0 aliphatic carbocycles. The van der Waals surface area contributed by atoms with E-state index in [2.05, 4.69) is 182 Å². The number of aromatic hydroxyl groups is 3. The molecule has 4 rings (SSSR count). The van der Waals surface area contributed by atoms with Gasteiger partial charge in [-0.3, -0.25) is 0 Å². The Kier molecular flexibility index (Phi) is 15.4. The van der Waals surface area contributed by atoms with Crippen LogP contribution in [0.25, 0.3) is 0 Å². The van der Waals surface area contributed by atoms with Crippen molar-refractivity contribution < 1.29 is 15.3 Å². The van der Waals surface area contributed by atoms with Crippen LogP contribution in [-0.2, 0) is 71.0 Å². The molecule has 4 aromatic rings. The predicted molar refractivity (Wildman–Crippen MR) is 273 cm³/mol. The van der Waals surface area contributed by atoms with Crippen molar-refractivity contribution >= 4 is 0 Å². The average molecular weight is 859 g/mol. The summed E-state index contributed by atoms with van der Waals surface area (Å²) in [7, 11) is 0. The van der Waals surface area contributed by atoms with E-state index in [-0.39, 0.29) is 32.5 Å². The highest BCUT2D eigenvalue weighted by atomic mass is 16.3. The largest absolute Gasteiger partial charge is 0.507 e. The fraction of sp³-hybridized carbons (Fsp3) is 0.600. The minimum absolute atomic E-state index is 0.233. The SMILES string of the molecule is CCCc1c(Cc2cc(C(C)(C)C)c(O)c(C(C)(C)C)c2)c(CCC)c(Cc2cc(C(C)(C)C)c(O)c(C(C)(C)C)c2)c(CCC)c1Cc1cc(C(C)(C)C)c(O)c(C(C)(C)C)c1. The van der Waals surface area contributed by atoms with Gasteiger partial charge in [0.05, 0.1) is 0 Å². The number of phenols is 3. The van der Waals surface area contributed by atoms with E-state index in [1.54, 1.807) is 0 Å². The van der Waals surface area contributed by atoms with E-state index in [9.17, 15) is 15.3 Å². The molecule has 0 atom stereocenters. The van der Waals surface area contributed by atoms with Gasteiger partial charge in [-0.2, -0.15) is 0 Å². The fourth-order valence-corrected chi connectivity index (χ4v) is 9.82. The Morgan fingerprint density at radius 3 is 0.571 bits per heavy atom. The maximum Gasteiger partial charge on any atom is 0.123 e. The number of rotatable bonds is 12. The standard InChI is InChI=1S/C60H90O3/c1-22-25-40-43(28-37-31-46(55(4,5)6)52(61)47(32-37)56(7,8)9)41(26-23-2)45(30-39-35-50(59(16,17)18)54(63)51(36-39)60(19,20)21)42(27-24-3)44(40)29-38-33-48(57(10,11)12)53(62)49(34-38)58(13,14)15/h31-36,61-63H,22-30H2,1-21H3. The Bertz CT molecular complexity index is 1870. The molecule has 0 saturated heterocycles. The maximum atomic E-state index is 11.9. The van der Waals surface area contributed by atoms with E-state index in [0.29, 0.717) is 17.2 Å². The Morgan fingerprint density at radius 1 is 0.286 bits per heavy atom. The minimum Gasteiger partial charge on any atom is -0.507 e. The number of hydrogen-bond donors (Lipinski definition) is 3. The molecule has 63 heavy (non-hydrogen) atoms. The molecular formula is C60H90O3. The molecule has 0 aliphatic heterocycles. The van der Waals surface area contributed by atoms with E-state index in [4.69, 9.17) is 0 Å². The number of benzene rings is 4. The van der Waals surface area contributed by atoms with Crippen molar-refractivity contribution in [2.75, 3.05) is 0 Å². The van der Waals surface area contributed by atoms with E-state index in [0.717, 1.165) is 91.2 Å². The molecule has 0 bridgehead atoms. The van der Waals surface area contributed by atoms with Gasteiger partial charge < -0.3 is 15.3 Å². The van der Waals surface area contributed by atoms with Crippen molar-refractivity contribution in [1.29, 1.82) is 0 Å². The van der Waals surface area contributed by atoms with Crippen LogP contribution >= 0.6 is 0 Å². The van der Waals surface area contributed by atoms with Crippen molar-refractivity contribution in [3.05, 3.63) is 120 Å². The molecule has 4 aromatic carbocycles. The summed E-state index contributed by atoms with van der Waals surface area (Å²) < 4.78 is 0. The normalized spacial score (nSPS) is 13.3. The summed E-state index contributed by atoms with van der Waals surface area (Å²) in [5.74, 6) is 1.28. The van der Waals surface area contributed by atoms with E-state index >= 15 is 0 Å². The number of phenolic OH excluding ortho intramolecular Hbond substituents is 3. The van der Waals surface area contributed by atoms with Crippen LogP contribution in [0.15, 0.2) is 36.4 Å². The zero-order valence-electron chi connectivity index (χ0n) is 44.2. The molecule has 3 heteroatoms. The lowest BCUT2D eigenvalue weighted by Gasteiger charge is -2.31. The summed E-state index contributed by atoms with van der Waals surface area (Å²) in [6.07, 6.45) is 8.39. The molecule has 3 nitrogen and oxygen atoms in total. The Labute approximate surface area is 386 Å². The molecule has 0 radical (unpaired) electrons. The Morgan fingerprint density at radius 2 is 0.444 bits per heavy atom. The topological polar surface area (TPSA) is 60.7 Å². The van der Waals surface area contributed by atoms with Gasteiger partial charge in [-0.15, -0.1) is 0 Å². The quantitative estimate of drug-likeness (QED) is 0.133. The molecule has 0 aliphatic rings. The van der Waals surface area contributed by atoms with Crippen LogP contribution in [0.4, 0.5) is 0 Å². The van der Waals surface area contributed by atoms with Gasteiger partial charge in [0, 0.05) is 0 Å². The second kappa shape index (κ2) is 18.6. The van der Waals surface area contributed by atoms with Gasteiger partial charge in [0.15, 0.2) is 0 Å². The third-order valence-electron chi connectivity index (χ3n) is 13.2. The highest BCUT2D eigenvalue weighted by Crippen LogP contribution is 2.45. The van der Waals surface area contributed by atoms with Crippen LogP contribution < -0.4 is 0 Å². The lowest BCUT2D eigenvalue weighted by Crippen LogP contribution is -2.20. The Balaban J connectivity index is 2.29. The van der Waals surface area contributed by atoms with Gasteiger partial charge >= 0.3 is 0 Å². The van der Waals surface area contributed by atoms with Crippen molar-refractivity contribution in [2.45, 2.75) is 236 Å². The lowest BCUT2D eigenvalue weighted by molar-refractivity contribution is 0.422. The molecule has 348 valence electrons. The highest BCUT2D eigenvalue weighted by Gasteiger charge is 2.32. The van der Waals surface area contributed by atoms with Gasteiger partial charge in [-0.25, -0.2) is 0 Å². The first-order valence-corrected chi connectivity index (χ1v) is 24.4. The third-order valence-corrected chi connectivity index (χ3v) is 13.2. The minimum atomic E-state index is -0.233. The van der Waals surface area contributed by atoms with Crippen molar-refractivity contribution in [1.82, 2.24) is 0 Å². The van der Waals surface area contributed by atoms with E-state index in [1.165, 1.54) is 50.1 Å². The molecular weight excluding hydrogens is 769 g/mol. The van der Waals surface area contributed by atoms with Crippen LogP contribution in [0.2, 0.25) is 0 Å². The summed E-state index contributed by atoms with van der Waals surface area (Å²) in [6, 6.07) is 13.8. The molecule has 0 unspecified atom stereocenters. The molecule has 0 fully saturated rings. The zero-order valence-corrected chi connectivity index (χ0v) is 44.2. The van der Waals surface area contributed by atoms with Crippen molar-refractivity contribution in [3.8, 4) is 17.2 Å². The highest BCUT2D eigenvalue weighted by molar-refractivity contribution is 5.60. The molecule has 0 spiro atoms. The zero-order chi connectivity index (χ0) is 48.0. The Hall–Kier alpha value is -3.72. The summed E-state index contributed by atoms with van der Waals surface area (Å²) in [5.41, 5.74) is 17.2. The van der Waals surface area contributed by atoms with Gasteiger partial charge in [-0.1, -0.05) is 201 Å². The van der Waals surface area contributed by atoms with Gasteiger partial charge in [0.2, 0.25) is 0 Å². The van der Waals surface area contributed by atoms with Gasteiger partial charge in [-0.05, 0) is 154 Å². The van der Waals surface area contributed by atoms with Crippen LogP contribution in [0, 0.1) is 0 Å². The smallest absolute Gasteiger partial charge is 0.123 e. The average Bonchev–Trinajstić information content (AvgIpc) is 3.11. The van der Waals surface area contributed by atoms with Crippen LogP contribution in [-0.4, -0.2) is 15.3 Å². The van der Waals surface area contributed by atoms with Crippen molar-refractivity contribution in [2.24, 2.45) is 0 Å². The summed E-state index contributed by atoms with van der Waals surface area (Å²) in [6.45, 7) is 46.8. The second-order valence-electron chi connectivity index (χ2n) is 25.3. The summed E-state index contributed by atoms with van der Waals surface area (Å²) >= 11 is 0. The molecule has 3 N–H and O–H groups in total. The monoisotopic (exact) mass is 859 g/mol. The first kappa shape index (κ1) is 51.9.